The van der Waals surface area contributed by atoms with Crippen molar-refractivity contribution in [2.24, 2.45) is 11.7 Å². The van der Waals surface area contributed by atoms with E-state index < -0.39 is 0 Å². The highest BCUT2D eigenvalue weighted by molar-refractivity contribution is 5.42. The Morgan fingerprint density at radius 1 is 1.00 bits per heavy atom. The highest BCUT2D eigenvalue weighted by Gasteiger charge is 2.27. The maximum atomic E-state index is 6.14. The Hall–Kier alpha value is -1.42. The van der Waals surface area contributed by atoms with Gasteiger partial charge in [0.15, 0.2) is 0 Å². The zero-order chi connectivity index (χ0) is 13.8. The van der Waals surface area contributed by atoms with Crippen LogP contribution in [0.4, 0.5) is 0 Å². The summed E-state index contributed by atoms with van der Waals surface area (Å²) < 4.78 is 16.5. The van der Waals surface area contributed by atoms with Gasteiger partial charge in [0.1, 0.15) is 23.4 Å². The van der Waals surface area contributed by atoms with Crippen LogP contribution in [0.15, 0.2) is 18.2 Å². The molecule has 4 nitrogen and oxygen atoms in total. The van der Waals surface area contributed by atoms with Crippen molar-refractivity contribution in [1.29, 1.82) is 0 Å². The first-order valence-electron chi connectivity index (χ1n) is 6.77. The first-order valence-corrected chi connectivity index (χ1v) is 6.77. The first kappa shape index (κ1) is 14.0. The number of benzene rings is 1. The molecule has 3 atom stereocenters. The Kier molecular flexibility index (Phi) is 4.53. The summed E-state index contributed by atoms with van der Waals surface area (Å²) in [7, 11) is 3.26. The van der Waals surface area contributed by atoms with Gasteiger partial charge in [-0.05, 0) is 25.2 Å². The summed E-state index contributed by atoms with van der Waals surface area (Å²) in [6.07, 6.45) is 3.27. The Bertz CT molecular complexity index is 400. The molecular formula is C15H23NO3. The molecule has 1 aliphatic rings. The number of ether oxygens (including phenoxy) is 3. The third-order valence-corrected chi connectivity index (χ3v) is 3.72. The number of rotatable bonds is 4. The van der Waals surface area contributed by atoms with Crippen molar-refractivity contribution >= 4 is 0 Å². The smallest absolute Gasteiger partial charge is 0.127 e. The molecule has 1 fully saturated rings. The van der Waals surface area contributed by atoms with E-state index in [9.17, 15) is 0 Å². The molecular weight excluding hydrogens is 242 g/mol. The van der Waals surface area contributed by atoms with E-state index in [0.717, 1.165) is 30.1 Å². The van der Waals surface area contributed by atoms with Gasteiger partial charge in [0.25, 0.3) is 0 Å². The second-order valence-electron chi connectivity index (χ2n) is 5.29. The normalized spacial score (nSPS) is 26.8. The van der Waals surface area contributed by atoms with Crippen LogP contribution in [0.1, 0.15) is 26.2 Å². The molecule has 0 bridgehead atoms. The standard InChI is InChI=1S/C15H23NO3/c1-10-4-5-14(16)15(6-10)19-13-8-11(17-2)7-12(9-13)18-3/h7-10,14-15H,4-6,16H2,1-3H3. The third kappa shape index (κ3) is 3.53. The summed E-state index contributed by atoms with van der Waals surface area (Å²) in [5.74, 6) is 2.88. The summed E-state index contributed by atoms with van der Waals surface area (Å²) in [5, 5.41) is 0. The van der Waals surface area contributed by atoms with Crippen LogP contribution >= 0.6 is 0 Å². The molecule has 106 valence electrons. The minimum Gasteiger partial charge on any atom is -0.496 e. The molecule has 1 aromatic carbocycles. The zero-order valence-corrected chi connectivity index (χ0v) is 11.9. The molecule has 0 amide bonds. The molecule has 0 aromatic heterocycles. The first-order chi connectivity index (χ1) is 9.12. The van der Waals surface area contributed by atoms with Crippen LogP contribution in [0.25, 0.3) is 0 Å². The Morgan fingerprint density at radius 2 is 1.58 bits per heavy atom. The van der Waals surface area contributed by atoms with Crippen LogP contribution in [0, 0.1) is 5.92 Å². The molecule has 3 unspecified atom stereocenters. The van der Waals surface area contributed by atoms with Gasteiger partial charge < -0.3 is 19.9 Å². The van der Waals surface area contributed by atoms with Crippen molar-refractivity contribution in [2.75, 3.05) is 14.2 Å². The average Bonchev–Trinajstić information content (AvgIpc) is 2.42. The molecule has 1 aromatic rings. The Morgan fingerprint density at radius 3 is 2.16 bits per heavy atom. The summed E-state index contributed by atoms with van der Waals surface area (Å²) in [6, 6.07) is 5.67. The van der Waals surface area contributed by atoms with Gasteiger partial charge in [-0.25, -0.2) is 0 Å². The van der Waals surface area contributed by atoms with Gasteiger partial charge in [0, 0.05) is 24.2 Å². The van der Waals surface area contributed by atoms with Crippen LogP contribution < -0.4 is 19.9 Å². The summed E-state index contributed by atoms with van der Waals surface area (Å²) >= 11 is 0. The second kappa shape index (κ2) is 6.15. The highest BCUT2D eigenvalue weighted by Crippen LogP contribution is 2.31. The van der Waals surface area contributed by atoms with E-state index in [4.69, 9.17) is 19.9 Å². The van der Waals surface area contributed by atoms with Gasteiger partial charge in [0.2, 0.25) is 0 Å². The van der Waals surface area contributed by atoms with Crippen molar-refractivity contribution in [3.05, 3.63) is 18.2 Å². The van der Waals surface area contributed by atoms with Crippen molar-refractivity contribution in [3.8, 4) is 17.2 Å². The van der Waals surface area contributed by atoms with E-state index in [0.29, 0.717) is 5.92 Å². The molecule has 19 heavy (non-hydrogen) atoms. The van der Waals surface area contributed by atoms with Crippen molar-refractivity contribution in [1.82, 2.24) is 0 Å². The SMILES string of the molecule is COc1cc(OC)cc(OC2CC(C)CCC2N)c1. The molecule has 2 N–H and O–H groups in total. The summed E-state index contributed by atoms with van der Waals surface area (Å²) in [6.45, 7) is 2.24. The predicted octanol–water partition coefficient (Wildman–Crippen LogP) is 2.60. The van der Waals surface area contributed by atoms with Gasteiger partial charge >= 0.3 is 0 Å². The molecule has 1 aliphatic carbocycles. The lowest BCUT2D eigenvalue weighted by atomic mass is 9.85. The fourth-order valence-electron chi connectivity index (χ4n) is 2.51. The average molecular weight is 265 g/mol. The molecule has 4 heteroatoms. The fourth-order valence-corrected chi connectivity index (χ4v) is 2.51. The van der Waals surface area contributed by atoms with Crippen molar-refractivity contribution in [2.45, 2.75) is 38.3 Å². The van der Waals surface area contributed by atoms with Gasteiger partial charge in [0.05, 0.1) is 14.2 Å². The highest BCUT2D eigenvalue weighted by atomic mass is 16.5. The number of hydrogen-bond donors (Lipinski definition) is 1. The molecule has 0 spiro atoms. The maximum absolute atomic E-state index is 6.14. The van der Waals surface area contributed by atoms with Gasteiger partial charge in [-0.15, -0.1) is 0 Å². The predicted molar refractivity (Wildman–Crippen MR) is 75.0 cm³/mol. The molecule has 0 heterocycles. The van der Waals surface area contributed by atoms with Crippen LogP contribution in [-0.2, 0) is 0 Å². The van der Waals surface area contributed by atoms with Crippen LogP contribution in [0.3, 0.4) is 0 Å². The Labute approximate surface area is 114 Å². The Balaban J connectivity index is 2.13. The molecule has 0 radical (unpaired) electrons. The topological polar surface area (TPSA) is 53.7 Å². The zero-order valence-electron chi connectivity index (χ0n) is 11.9. The number of hydrogen-bond acceptors (Lipinski definition) is 4. The van der Waals surface area contributed by atoms with E-state index >= 15 is 0 Å². The van der Waals surface area contributed by atoms with Crippen LogP contribution in [0.2, 0.25) is 0 Å². The fraction of sp³-hybridized carbons (Fsp3) is 0.600. The van der Waals surface area contributed by atoms with Gasteiger partial charge in [-0.3, -0.25) is 0 Å². The van der Waals surface area contributed by atoms with E-state index in [1.165, 1.54) is 6.42 Å². The lowest BCUT2D eigenvalue weighted by Gasteiger charge is -2.32. The van der Waals surface area contributed by atoms with Crippen LogP contribution in [-0.4, -0.2) is 26.4 Å². The molecule has 0 saturated heterocycles. The van der Waals surface area contributed by atoms with E-state index in [-0.39, 0.29) is 12.1 Å². The van der Waals surface area contributed by atoms with Gasteiger partial charge in [-0.1, -0.05) is 6.92 Å². The second-order valence-corrected chi connectivity index (χ2v) is 5.29. The van der Waals surface area contributed by atoms with E-state index in [1.807, 2.05) is 18.2 Å². The van der Waals surface area contributed by atoms with E-state index in [1.54, 1.807) is 14.2 Å². The number of methoxy groups -OCH3 is 2. The lowest BCUT2D eigenvalue weighted by Crippen LogP contribution is -2.43. The van der Waals surface area contributed by atoms with Crippen molar-refractivity contribution in [3.63, 3.8) is 0 Å². The maximum Gasteiger partial charge on any atom is 0.127 e. The third-order valence-electron chi connectivity index (χ3n) is 3.72. The summed E-state index contributed by atoms with van der Waals surface area (Å²) in [4.78, 5) is 0. The largest absolute Gasteiger partial charge is 0.496 e. The van der Waals surface area contributed by atoms with Crippen molar-refractivity contribution < 1.29 is 14.2 Å². The van der Waals surface area contributed by atoms with E-state index in [2.05, 4.69) is 6.92 Å². The van der Waals surface area contributed by atoms with Crippen LogP contribution in [0.5, 0.6) is 17.2 Å². The minimum atomic E-state index is 0.0700. The molecule has 2 rings (SSSR count). The minimum absolute atomic E-state index is 0.0700. The monoisotopic (exact) mass is 265 g/mol. The molecule has 1 saturated carbocycles. The summed E-state index contributed by atoms with van der Waals surface area (Å²) in [5.41, 5.74) is 6.14. The molecule has 0 aliphatic heterocycles. The lowest BCUT2D eigenvalue weighted by molar-refractivity contribution is 0.107. The number of nitrogens with two attached hydrogens (primary N) is 1. The quantitative estimate of drug-likeness (QED) is 0.909. The van der Waals surface area contributed by atoms with Gasteiger partial charge in [-0.2, -0.15) is 0 Å².